The molecule has 0 aliphatic heterocycles. The van der Waals surface area contributed by atoms with E-state index in [1.807, 2.05) is 23.6 Å². The Morgan fingerprint density at radius 2 is 1.88 bits per heavy atom. The van der Waals surface area contributed by atoms with E-state index < -0.39 is 11.2 Å². The number of hydrogen-bond acceptors (Lipinski definition) is 6. The quantitative estimate of drug-likeness (QED) is 0.284. The van der Waals surface area contributed by atoms with Gasteiger partial charge in [-0.05, 0) is 48.9 Å². The smallest absolute Gasteiger partial charge is 0.337 e. The van der Waals surface area contributed by atoms with Gasteiger partial charge < -0.3 is 10.1 Å². The van der Waals surface area contributed by atoms with Gasteiger partial charge in [0.25, 0.3) is 0 Å². The maximum atomic E-state index is 12.6. The summed E-state index contributed by atoms with van der Waals surface area (Å²) in [6.45, 7) is 6.48. The lowest BCUT2D eigenvalue weighted by Gasteiger charge is -2.13. The van der Waals surface area contributed by atoms with E-state index in [1.165, 1.54) is 18.9 Å². The van der Waals surface area contributed by atoms with Gasteiger partial charge in [0.05, 0.1) is 17.9 Å². The number of carbonyl (C=O) groups excluding carboxylic acids is 2. The zero-order valence-electron chi connectivity index (χ0n) is 17.7. The fourth-order valence-corrected chi connectivity index (χ4v) is 3.91. The first kappa shape index (κ1) is 23.6. The van der Waals surface area contributed by atoms with Crippen LogP contribution in [-0.4, -0.2) is 39.0 Å². The summed E-state index contributed by atoms with van der Waals surface area (Å²) in [5.74, 6) is 0.155. The topological polar surface area (TPSA) is 86.1 Å². The van der Waals surface area contributed by atoms with Crippen LogP contribution in [0.5, 0.6) is 0 Å². The van der Waals surface area contributed by atoms with Crippen molar-refractivity contribution in [2.45, 2.75) is 30.4 Å². The number of carbonyl (C=O) groups is 2. The van der Waals surface area contributed by atoms with Crippen molar-refractivity contribution in [1.29, 1.82) is 0 Å². The van der Waals surface area contributed by atoms with Crippen LogP contribution in [0.15, 0.2) is 66.3 Å². The van der Waals surface area contributed by atoms with Gasteiger partial charge in [0.2, 0.25) is 5.91 Å². The SMILES string of the molecule is C=CCn1c(SC(C)C(=O)NCc2ccc(C(=O)OC)cc2)nnc1-c1ccc(Cl)cc1. The lowest BCUT2D eigenvalue weighted by atomic mass is 10.1. The van der Waals surface area contributed by atoms with Crippen molar-refractivity contribution in [3.63, 3.8) is 0 Å². The number of esters is 1. The van der Waals surface area contributed by atoms with Crippen LogP contribution in [0.4, 0.5) is 0 Å². The van der Waals surface area contributed by atoms with Crippen LogP contribution in [0, 0.1) is 0 Å². The van der Waals surface area contributed by atoms with Gasteiger partial charge in [-0.1, -0.05) is 41.6 Å². The summed E-state index contributed by atoms with van der Waals surface area (Å²) in [7, 11) is 1.34. The van der Waals surface area contributed by atoms with Crippen molar-refractivity contribution in [2.24, 2.45) is 0 Å². The lowest BCUT2D eigenvalue weighted by molar-refractivity contribution is -0.120. The molecule has 3 aromatic rings. The third-order valence-electron chi connectivity index (χ3n) is 4.62. The van der Waals surface area contributed by atoms with E-state index in [-0.39, 0.29) is 5.91 Å². The predicted octanol–water partition coefficient (Wildman–Crippen LogP) is 4.37. The minimum atomic E-state index is -0.396. The maximum absolute atomic E-state index is 12.6. The summed E-state index contributed by atoms with van der Waals surface area (Å²) >= 11 is 7.31. The summed E-state index contributed by atoms with van der Waals surface area (Å²) in [4.78, 5) is 24.1. The highest BCUT2D eigenvalue weighted by molar-refractivity contribution is 8.00. The van der Waals surface area contributed by atoms with Crippen molar-refractivity contribution in [2.75, 3.05) is 7.11 Å². The summed E-state index contributed by atoms with van der Waals surface area (Å²) in [6.07, 6.45) is 1.76. The first-order valence-corrected chi connectivity index (χ1v) is 11.1. The van der Waals surface area contributed by atoms with Gasteiger partial charge in [-0.3, -0.25) is 9.36 Å². The highest BCUT2D eigenvalue weighted by Gasteiger charge is 2.20. The molecule has 1 aromatic heterocycles. The highest BCUT2D eigenvalue weighted by atomic mass is 35.5. The fourth-order valence-electron chi connectivity index (χ4n) is 2.90. The van der Waals surface area contributed by atoms with Crippen LogP contribution in [0.3, 0.4) is 0 Å². The number of halogens is 1. The van der Waals surface area contributed by atoms with Crippen LogP contribution in [-0.2, 0) is 22.6 Å². The molecule has 3 rings (SSSR count). The van der Waals surface area contributed by atoms with Gasteiger partial charge in [0.15, 0.2) is 11.0 Å². The Morgan fingerprint density at radius 3 is 2.50 bits per heavy atom. The number of methoxy groups -OCH3 is 1. The zero-order valence-corrected chi connectivity index (χ0v) is 19.3. The van der Waals surface area contributed by atoms with Crippen LogP contribution in [0.25, 0.3) is 11.4 Å². The van der Waals surface area contributed by atoms with E-state index in [4.69, 9.17) is 11.6 Å². The average Bonchev–Trinajstić information content (AvgIpc) is 3.20. The molecule has 0 aliphatic carbocycles. The van der Waals surface area contributed by atoms with Crippen molar-refractivity contribution in [1.82, 2.24) is 20.1 Å². The molecule has 0 fully saturated rings. The standard InChI is InChI=1S/C23H23ClN4O3S/c1-4-13-28-20(17-9-11-19(24)12-10-17)26-27-23(28)32-15(2)21(29)25-14-16-5-7-18(8-6-16)22(30)31-3/h4-12,15H,1,13-14H2,2-3H3,(H,25,29). The molecule has 1 N–H and O–H groups in total. The zero-order chi connectivity index (χ0) is 23.1. The number of benzene rings is 2. The van der Waals surface area contributed by atoms with Gasteiger partial charge in [-0.15, -0.1) is 16.8 Å². The number of aromatic nitrogens is 3. The second-order valence-electron chi connectivity index (χ2n) is 6.88. The van der Waals surface area contributed by atoms with E-state index >= 15 is 0 Å². The minimum absolute atomic E-state index is 0.131. The number of hydrogen-bond donors (Lipinski definition) is 1. The van der Waals surface area contributed by atoms with E-state index in [1.54, 1.807) is 42.5 Å². The summed E-state index contributed by atoms with van der Waals surface area (Å²) in [5.41, 5.74) is 2.22. The molecule has 0 saturated carbocycles. The van der Waals surface area contributed by atoms with E-state index in [9.17, 15) is 9.59 Å². The molecule has 9 heteroatoms. The second kappa shape index (κ2) is 11.0. The molecule has 0 radical (unpaired) electrons. The largest absolute Gasteiger partial charge is 0.465 e. The molecule has 32 heavy (non-hydrogen) atoms. The molecule has 166 valence electrons. The van der Waals surface area contributed by atoms with Gasteiger partial charge in [0, 0.05) is 23.7 Å². The molecular weight excluding hydrogens is 448 g/mol. The fraction of sp³-hybridized carbons (Fsp3) is 0.217. The van der Waals surface area contributed by atoms with E-state index in [0.717, 1.165) is 11.1 Å². The minimum Gasteiger partial charge on any atom is -0.465 e. The molecule has 1 amide bonds. The number of rotatable bonds is 9. The van der Waals surface area contributed by atoms with Crippen molar-refractivity contribution < 1.29 is 14.3 Å². The summed E-state index contributed by atoms with van der Waals surface area (Å²) in [6, 6.07) is 14.2. The molecule has 0 spiro atoms. The lowest BCUT2D eigenvalue weighted by Crippen LogP contribution is -2.30. The number of nitrogens with zero attached hydrogens (tertiary/aromatic N) is 3. The van der Waals surface area contributed by atoms with Gasteiger partial charge >= 0.3 is 5.97 Å². The molecule has 0 aliphatic rings. The number of allylic oxidation sites excluding steroid dienone is 1. The van der Waals surface area contributed by atoms with Gasteiger partial charge in [0.1, 0.15) is 0 Å². The number of nitrogens with one attached hydrogen (secondary N) is 1. The van der Waals surface area contributed by atoms with Crippen LogP contribution < -0.4 is 5.32 Å². The van der Waals surface area contributed by atoms with Crippen molar-refractivity contribution in [3.8, 4) is 11.4 Å². The average molecular weight is 471 g/mol. The highest BCUT2D eigenvalue weighted by Crippen LogP contribution is 2.27. The van der Waals surface area contributed by atoms with Crippen LogP contribution >= 0.6 is 23.4 Å². The molecule has 2 aromatic carbocycles. The number of amides is 1. The molecule has 0 saturated heterocycles. The maximum Gasteiger partial charge on any atom is 0.337 e. The summed E-state index contributed by atoms with van der Waals surface area (Å²) in [5, 5.41) is 12.4. The normalized spacial score (nSPS) is 11.6. The van der Waals surface area contributed by atoms with Crippen LogP contribution in [0.1, 0.15) is 22.8 Å². The molecule has 1 heterocycles. The second-order valence-corrected chi connectivity index (χ2v) is 8.62. The molecule has 7 nitrogen and oxygen atoms in total. The molecular formula is C23H23ClN4O3S. The third-order valence-corrected chi connectivity index (χ3v) is 5.96. The Labute approximate surface area is 195 Å². The van der Waals surface area contributed by atoms with Crippen molar-refractivity contribution >= 4 is 35.2 Å². The van der Waals surface area contributed by atoms with E-state index in [0.29, 0.717) is 34.7 Å². The van der Waals surface area contributed by atoms with Gasteiger partial charge in [-0.2, -0.15) is 0 Å². The Balaban J connectivity index is 1.65. The Morgan fingerprint density at radius 1 is 1.19 bits per heavy atom. The predicted molar refractivity (Wildman–Crippen MR) is 126 cm³/mol. The number of thioether (sulfide) groups is 1. The summed E-state index contributed by atoms with van der Waals surface area (Å²) < 4.78 is 6.60. The molecule has 0 bridgehead atoms. The van der Waals surface area contributed by atoms with E-state index in [2.05, 4.69) is 26.8 Å². The first-order chi connectivity index (χ1) is 15.4. The number of ether oxygens (including phenoxy) is 1. The van der Waals surface area contributed by atoms with Crippen molar-refractivity contribution in [3.05, 3.63) is 77.3 Å². The monoisotopic (exact) mass is 470 g/mol. The van der Waals surface area contributed by atoms with Gasteiger partial charge in [-0.25, -0.2) is 4.79 Å². The van der Waals surface area contributed by atoms with Crippen LogP contribution in [0.2, 0.25) is 5.02 Å². The Bertz CT molecular complexity index is 1100. The first-order valence-electron chi connectivity index (χ1n) is 9.84. The Hall–Kier alpha value is -3.10. The Kier molecular flexibility index (Phi) is 8.08. The third kappa shape index (κ3) is 5.77. The molecule has 1 unspecified atom stereocenters. The molecule has 1 atom stereocenters.